The Hall–Kier alpha value is -9.30. The van der Waals surface area contributed by atoms with E-state index in [-0.39, 0.29) is 82.7 Å². The SMILES string of the molecule is C.C.CCO.CN(C)Cc1ccc(CN)o1.CN(C)Cc1ccc(CN2C(=O)c3ccccc3C2=O)o1.Cc1ccc(-c2cn([C@H](C(=O)NCc3ccc(CN(C)C)o3)C(C)C)nn2)cc1.N=N.O.O=Cc1ccc(CN2C(=O)c3ccccc3C2=O)o1.[HH]. The quantitative estimate of drug-likeness (QED) is 0.0303. The van der Waals surface area contributed by atoms with Crippen LogP contribution in [0.1, 0.15) is 141 Å². The van der Waals surface area contributed by atoms with Crippen molar-refractivity contribution < 1.29 is 58.4 Å². The normalized spacial score (nSPS) is 12.1. The maximum atomic E-state index is 12.9. The molecule has 5 aromatic heterocycles. The number of nitrogens with one attached hydrogen (secondary N) is 3. The molecule has 0 saturated carbocycles. The first-order valence-electron chi connectivity index (χ1n) is 27.2. The van der Waals surface area contributed by atoms with E-state index in [1.54, 1.807) is 66.2 Å². The Labute approximate surface area is 515 Å². The van der Waals surface area contributed by atoms with Crippen LogP contribution in [0.25, 0.3) is 11.3 Å². The zero-order valence-electron chi connectivity index (χ0n) is 50.2. The van der Waals surface area contributed by atoms with E-state index in [1.807, 2.05) is 140 Å². The number of nitrogens with two attached hydrogens (primary N) is 1. The molecule has 0 bridgehead atoms. The smallest absolute Gasteiger partial charge is 0.261 e. The Morgan fingerprint density at radius 3 is 1.39 bits per heavy atom. The van der Waals surface area contributed by atoms with Crippen molar-refractivity contribution in [1.82, 2.24) is 44.8 Å². The van der Waals surface area contributed by atoms with Gasteiger partial charge in [0.15, 0.2) is 12.0 Å². The minimum absolute atomic E-state index is 0. The number of rotatable bonds is 18. The van der Waals surface area contributed by atoms with Crippen molar-refractivity contribution in [2.75, 3.05) is 48.9 Å². The van der Waals surface area contributed by atoms with Crippen LogP contribution >= 0.6 is 0 Å². The van der Waals surface area contributed by atoms with E-state index in [0.29, 0.717) is 59.7 Å². The summed E-state index contributed by atoms with van der Waals surface area (Å²) in [5, 5.41) is 19.0. The third kappa shape index (κ3) is 21.0. The van der Waals surface area contributed by atoms with Gasteiger partial charge < -0.3 is 54.0 Å². The lowest BCUT2D eigenvalue weighted by atomic mass is 10.0. The molecule has 0 saturated heterocycles. The van der Waals surface area contributed by atoms with E-state index in [9.17, 15) is 28.8 Å². The fourth-order valence-corrected chi connectivity index (χ4v) is 8.64. The summed E-state index contributed by atoms with van der Waals surface area (Å²) in [6.07, 6.45) is 2.41. The van der Waals surface area contributed by atoms with Crippen LogP contribution in [0.4, 0.5) is 0 Å². The topological polar surface area (TPSA) is 339 Å². The van der Waals surface area contributed by atoms with Crippen molar-refractivity contribution in [2.45, 2.75) is 94.4 Å². The third-order valence-electron chi connectivity index (χ3n) is 12.4. The minimum atomic E-state index is -0.446. The number of carbonyl (C=O) groups is 6. The molecule has 3 aromatic carbocycles. The van der Waals surface area contributed by atoms with Crippen molar-refractivity contribution >= 4 is 35.8 Å². The van der Waals surface area contributed by atoms with Crippen molar-refractivity contribution in [1.29, 1.82) is 11.1 Å². The number of benzene rings is 3. The van der Waals surface area contributed by atoms with Gasteiger partial charge in [0, 0.05) is 13.6 Å². The van der Waals surface area contributed by atoms with E-state index < -0.39 is 6.04 Å². The number of carbonyl (C=O) groups excluding carboxylic acids is 6. The predicted molar refractivity (Wildman–Crippen MR) is 335 cm³/mol. The summed E-state index contributed by atoms with van der Waals surface area (Å²) in [6, 6.07) is 35.6. The van der Waals surface area contributed by atoms with E-state index in [0.717, 1.165) is 58.0 Å². The van der Waals surface area contributed by atoms with Crippen LogP contribution in [0.3, 0.4) is 0 Å². The average molecular weight is 1220 g/mol. The van der Waals surface area contributed by atoms with Crippen LogP contribution in [0.5, 0.6) is 0 Å². The molecule has 476 valence electrons. The van der Waals surface area contributed by atoms with Crippen LogP contribution in [0.15, 0.2) is 145 Å². The number of aromatic nitrogens is 3. The Morgan fingerprint density at radius 1 is 0.625 bits per heavy atom. The van der Waals surface area contributed by atoms with E-state index >= 15 is 0 Å². The summed E-state index contributed by atoms with van der Waals surface area (Å²) >= 11 is 0. The van der Waals surface area contributed by atoms with Gasteiger partial charge in [-0.05, 0) is 135 Å². The highest BCUT2D eigenvalue weighted by atomic mass is 16.4. The highest BCUT2D eigenvalue weighted by Crippen LogP contribution is 2.27. The molecule has 5 amide bonds. The molecule has 0 spiro atoms. The molecule has 0 radical (unpaired) electrons. The number of aliphatic hydroxyl groups is 1. The first kappa shape index (κ1) is 74.8. The van der Waals surface area contributed by atoms with Crippen LogP contribution in [-0.2, 0) is 50.6 Å². The molecule has 8 N–H and O–H groups in total. The molecule has 2 aliphatic rings. The van der Waals surface area contributed by atoms with Gasteiger partial charge in [0.2, 0.25) is 5.91 Å². The average Bonchev–Trinajstić information content (AvgIpc) is 3.25. The van der Waals surface area contributed by atoms with Gasteiger partial charge in [0.1, 0.15) is 52.1 Å². The number of aldehydes is 1. The van der Waals surface area contributed by atoms with Crippen molar-refractivity contribution in [3.63, 3.8) is 0 Å². The molecule has 24 heteroatoms. The Balaban J connectivity index is 0.000000592. The van der Waals surface area contributed by atoms with E-state index in [2.05, 4.69) is 20.5 Å². The zero-order chi connectivity index (χ0) is 62.3. The fourth-order valence-electron chi connectivity index (χ4n) is 8.64. The monoisotopic (exact) mass is 1220 g/mol. The van der Waals surface area contributed by atoms with Crippen LogP contribution in [-0.4, -0.2) is 135 Å². The lowest BCUT2D eigenvalue weighted by Crippen LogP contribution is -2.35. The number of nitrogens with zero attached hydrogens (tertiary/aromatic N) is 8. The number of aryl methyl sites for hydroxylation is 1. The molecule has 8 aromatic rings. The Kier molecular flexibility index (Phi) is 31.1. The summed E-state index contributed by atoms with van der Waals surface area (Å²) < 4.78 is 23.6. The number of fused-ring (bicyclic) bond motifs is 2. The first-order chi connectivity index (χ1) is 40.7. The van der Waals surface area contributed by atoms with E-state index in [1.165, 1.54) is 16.5 Å². The number of imide groups is 2. The summed E-state index contributed by atoms with van der Waals surface area (Å²) in [7, 11) is 11.9. The van der Waals surface area contributed by atoms with Crippen molar-refractivity contribution in [3.8, 4) is 11.3 Å². The second kappa shape index (κ2) is 36.6. The van der Waals surface area contributed by atoms with Gasteiger partial charge >= 0.3 is 0 Å². The molecule has 0 fully saturated rings. The standard InChI is InChI=1S/C22H29N5O2.C16H16N2O3.C14H9NO4.C8H14N2O.C2H6O.2CH4.H2N2.H2O.H2/c1-15(2)21(22(28)23-12-18-10-11-19(29-18)13-26(4)5)27-14-20(24-25-27)17-8-6-16(3)7-9-17;1-17(2)9-11-7-8-12(21-11)10-18-15(19)13-5-3-4-6-14(13)16(18)20;16-8-10-6-5-9(19-10)7-15-13(17)11-3-1-2-4-12(11)14(15)18;1-10(2)6-8-4-3-7(5-9)11-8;1-2-3;;;1-2;;/h6-11,14-15,21H,12-13H2,1-5H3,(H,23,28);3-8H,9-10H2,1-2H3;1-6,8H,7H2;3-4H,5-6,9H2,1-2H3;3H,2H2,1H3;2*1H4;1-2H;1H2;1H/t21-;;;;;;;;;/m0........./s1. The molecule has 10 rings (SSSR count). The second-order valence-electron chi connectivity index (χ2n) is 20.6. The highest BCUT2D eigenvalue weighted by Gasteiger charge is 2.37. The molecule has 0 aliphatic carbocycles. The Morgan fingerprint density at radius 2 is 1.00 bits per heavy atom. The van der Waals surface area contributed by atoms with Gasteiger partial charge in [0.05, 0.1) is 74.3 Å². The van der Waals surface area contributed by atoms with Gasteiger partial charge in [-0.25, -0.2) is 15.7 Å². The lowest BCUT2D eigenvalue weighted by Gasteiger charge is -2.19. The molecule has 88 heavy (non-hydrogen) atoms. The number of aliphatic hydroxyl groups excluding tert-OH is 1. The summed E-state index contributed by atoms with van der Waals surface area (Å²) in [5.41, 5.74) is 20.0. The summed E-state index contributed by atoms with van der Waals surface area (Å²) in [4.78, 5) is 80.5. The maximum absolute atomic E-state index is 12.9. The minimum Gasteiger partial charge on any atom is -0.463 e. The highest BCUT2D eigenvalue weighted by molar-refractivity contribution is 6.22. The summed E-state index contributed by atoms with van der Waals surface area (Å²) in [5.74, 6) is 4.16. The third-order valence-corrected chi connectivity index (χ3v) is 12.4. The number of hydrogen-bond acceptors (Lipinski definition) is 19. The number of amides is 5. The second-order valence-corrected chi connectivity index (χ2v) is 20.6. The van der Waals surface area contributed by atoms with Gasteiger partial charge in [-0.15, -0.1) is 5.10 Å². The molecular formula is C64H88N12O12. The molecular weight excluding hydrogens is 1130 g/mol. The molecule has 2 aliphatic heterocycles. The van der Waals surface area contributed by atoms with Crippen molar-refractivity contribution in [3.05, 3.63) is 201 Å². The van der Waals surface area contributed by atoms with Gasteiger partial charge in [-0.2, -0.15) is 0 Å². The van der Waals surface area contributed by atoms with Gasteiger partial charge in [0.25, 0.3) is 23.6 Å². The first-order valence-corrected chi connectivity index (χ1v) is 27.2. The maximum Gasteiger partial charge on any atom is 0.261 e. The van der Waals surface area contributed by atoms with Gasteiger partial charge in [-0.3, -0.25) is 38.6 Å². The fraction of sp³-hybridized carbons (Fsp3) is 0.344. The van der Waals surface area contributed by atoms with Crippen LogP contribution in [0, 0.1) is 23.9 Å². The molecule has 0 unspecified atom stereocenters. The lowest BCUT2D eigenvalue weighted by molar-refractivity contribution is -0.126. The number of hydrogen-bond donors (Lipinski definition) is 5. The molecule has 1 atom stereocenters. The van der Waals surface area contributed by atoms with Crippen molar-refractivity contribution in [2.24, 2.45) is 11.7 Å². The Bertz CT molecular complexity index is 3380. The zero-order valence-corrected chi connectivity index (χ0v) is 50.2. The van der Waals surface area contributed by atoms with Crippen LogP contribution < -0.4 is 11.1 Å². The summed E-state index contributed by atoms with van der Waals surface area (Å²) in [6.45, 7) is 11.2. The largest absolute Gasteiger partial charge is 0.463 e. The predicted octanol–water partition coefficient (Wildman–Crippen LogP) is 9.54. The van der Waals surface area contributed by atoms with Gasteiger partial charge in [-0.1, -0.05) is 88.0 Å². The molecule has 24 nitrogen and oxygen atoms in total. The van der Waals surface area contributed by atoms with Crippen LogP contribution in [0.2, 0.25) is 0 Å². The number of furan rings is 4. The van der Waals surface area contributed by atoms with E-state index in [4.69, 9.17) is 39.6 Å². The molecule has 7 heterocycles.